The molecule has 5 heteroatoms. The third-order valence-electron chi connectivity index (χ3n) is 3.12. The second-order valence-electron chi connectivity index (χ2n) is 4.30. The van der Waals surface area contributed by atoms with Crippen molar-refractivity contribution < 1.29 is 0 Å². The van der Waals surface area contributed by atoms with Gasteiger partial charge >= 0.3 is 0 Å². The molecule has 1 aromatic heterocycles. The van der Waals surface area contributed by atoms with Crippen LogP contribution in [0, 0.1) is 0 Å². The van der Waals surface area contributed by atoms with E-state index in [2.05, 4.69) is 33.8 Å². The van der Waals surface area contributed by atoms with Gasteiger partial charge in [-0.1, -0.05) is 23.7 Å². The summed E-state index contributed by atoms with van der Waals surface area (Å²) in [4.78, 5) is 5.21. The zero-order valence-corrected chi connectivity index (χ0v) is 11.4. The summed E-state index contributed by atoms with van der Waals surface area (Å²) in [7, 11) is 0. The lowest BCUT2D eigenvalue weighted by atomic mass is 9.99. The summed E-state index contributed by atoms with van der Waals surface area (Å²) in [6, 6.07) is 6.44. The lowest BCUT2D eigenvalue weighted by Gasteiger charge is -2.20. The highest BCUT2D eigenvalue weighted by Crippen LogP contribution is 2.25. The van der Waals surface area contributed by atoms with Crippen molar-refractivity contribution in [3.63, 3.8) is 0 Å². The normalized spacial score (nSPS) is 14.3. The van der Waals surface area contributed by atoms with Crippen molar-refractivity contribution in [3.8, 4) is 0 Å². The molecule has 3 rings (SSSR count). The number of hydrogen-bond donors (Lipinski definition) is 2. The lowest BCUT2D eigenvalue weighted by molar-refractivity contribution is 0.644. The van der Waals surface area contributed by atoms with Gasteiger partial charge in [-0.15, -0.1) is 11.3 Å². The first kappa shape index (κ1) is 12.0. The average molecular weight is 280 g/mol. The maximum absolute atomic E-state index is 5.83. The number of fused-ring (bicyclic) bond motifs is 1. The number of rotatable bonds is 3. The molecule has 1 aliphatic heterocycles. The fraction of sp³-hybridized carbons (Fsp3) is 0.308. The summed E-state index contributed by atoms with van der Waals surface area (Å²) in [6.07, 6.45) is 2.92. The van der Waals surface area contributed by atoms with Crippen molar-refractivity contribution in [2.75, 3.05) is 11.9 Å². The third kappa shape index (κ3) is 2.51. The molecule has 0 aliphatic carbocycles. The van der Waals surface area contributed by atoms with Crippen LogP contribution in [-0.2, 0) is 19.5 Å². The Kier molecular flexibility index (Phi) is 3.50. The van der Waals surface area contributed by atoms with E-state index < -0.39 is 0 Å². The predicted molar refractivity (Wildman–Crippen MR) is 76.3 cm³/mol. The van der Waals surface area contributed by atoms with Crippen molar-refractivity contribution in [2.24, 2.45) is 0 Å². The quantitative estimate of drug-likeness (QED) is 0.907. The maximum atomic E-state index is 5.83. The Balaban J connectivity index is 1.76. The molecule has 0 atom stereocenters. The van der Waals surface area contributed by atoms with Crippen molar-refractivity contribution in [2.45, 2.75) is 19.5 Å². The fourth-order valence-electron chi connectivity index (χ4n) is 2.25. The van der Waals surface area contributed by atoms with Crippen LogP contribution in [0.2, 0.25) is 4.47 Å². The Morgan fingerprint density at radius 2 is 2.39 bits per heavy atom. The number of benzene rings is 1. The standard InChI is InChI=1S/C13H14ClN3S/c14-13-17-8-10(18-13)7-16-12-3-1-2-9-6-15-5-4-11(9)12/h1-3,8,15-16H,4-7H2. The van der Waals surface area contributed by atoms with E-state index in [0.29, 0.717) is 4.47 Å². The van der Waals surface area contributed by atoms with Crippen LogP contribution in [-0.4, -0.2) is 11.5 Å². The van der Waals surface area contributed by atoms with E-state index in [1.807, 2.05) is 6.20 Å². The molecule has 2 aromatic rings. The molecule has 18 heavy (non-hydrogen) atoms. The largest absolute Gasteiger partial charge is 0.380 e. The highest BCUT2D eigenvalue weighted by Gasteiger charge is 2.12. The maximum Gasteiger partial charge on any atom is 0.183 e. The predicted octanol–water partition coefficient (Wildman–Crippen LogP) is 3.05. The van der Waals surface area contributed by atoms with Gasteiger partial charge < -0.3 is 10.6 Å². The van der Waals surface area contributed by atoms with Crippen molar-refractivity contribution in [1.29, 1.82) is 0 Å². The molecule has 0 saturated heterocycles. The zero-order valence-electron chi connectivity index (χ0n) is 9.87. The molecule has 0 bridgehead atoms. The first-order valence-electron chi connectivity index (χ1n) is 5.98. The zero-order chi connectivity index (χ0) is 12.4. The molecule has 0 saturated carbocycles. The van der Waals surface area contributed by atoms with E-state index >= 15 is 0 Å². The second kappa shape index (κ2) is 5.26. The number of thiazole rings is 1. The highest BCUT2D eigenvalue weighted by molar-refractivity contribution is 7.15. The molecule has 0 spiro atoms. The SMILES string of the molecule is Clc1ncc(CNc2cccc3c2CCNC3)s1. The first-order valence-corrected chi connectivity index (χ1v) is 7.18. The van der Waals surface area contributed by atoms with Gasteiger partial charge in [0.2, 0.25) is 0 Å². The van der Waals surface area contributed by atoms with Gasteiger partial charge in [0.15, 0.2) is 4.47 Å². The summed E-state index contributed by atoms with van der Waals surface area (Å²) in [5.74, 6) is 0. The van der Waals surface area contributed by atoms with Gasteiger partial charge in [-0.3, -0.25) is 0 Å². The fourth-order valence-corrected chi connectivity index (χ4v) is 3.16. The Hall–Kier alpha value is -1.10. The van der Waals surface area contributed by atoms with Crippen LogP contribution >= 0.6 is 22.9 Å². The van der Waals surface area contributed by atoms with E-state index in [9.17, 15) is 0 Å². The number of anilines is 1. The Morgan fingerprint density at radius 3 is 3.22 bits per heavy atom. The van der Waals surface area contributed by atoms with Crippen LogP contribution in [0.1, 0.15) is 16.0 Å². The number of halogens is 1. The molecule has 0 unspecified atom stereocenters. The van der Waals surface area contributed by atoms with Crippen LogP contribution < -0.4 is 10.6 Å². The van der Waals surface area contributed by atoms with Crippen LogP contribution in [0.25, 0.3) is 0 Å². The molecule has 2 heterocycles. The molecule has 1 aromatic carbocycles. The Bertz CT molecular complexity index is 553. The van der Waals surface area contributed by atoms with E-state index in [0.717, 1.165) is 30.9 Å². The van der Waals surface area contributed by atoms with Crippen LogP contribution in [0.15, 0.2) is 24.4 Å². The molecule has 0 amide bonds. The number of hydrogen-bond acceptors (Lipinski definition) is 4. The molecule has 0 radical (unpaired) electrons. The summed E-state index contributed by atoms with van der Waals surface area (Å²) in [5.41, 5.74) is 4.07. The van der Waals surface area contributed by atoms with Crippen molar-refractivity contribution >= 4 is 28.6 Å². The van der Waals surface area contributed by atoms with Gasteiger partial charge in [-0.05, 0) is 30.2 Å². The minimum Gasteiger partial charge on any atom is -0.380 e. The first-order chi connectivity index (χ1) is 8.83. The van der Waals surface area contributed by atoms with Crippen molar-refractivity contribution in [1.82, 2.24) is 10.3 Å². The summed E-state index contributed by atoms with van der Waals surface area (Å²) >= 11 is 7.35. The number of nitrogens with zero attached hydrogens (tertiary/aromatic N) is 1. The van der Waals surface area contributed by atoms with Crippen molar-refractivity contribution in [3.05, 3.63) is 44.9 Å². The number of nitrogens with one attached hydrogen (secondary N) is 2. The van der Waals surface area contributed by atoms with Crippen LogP contribution in [0.3, 0.4) is 0 Å². The second-order valence-corrected chi connectivity index (χ2v) is 6.00. The molecular formula is C13H14ClN3S. The lowest BCUT2D eigenvalue weighted by Crippen LogP contribution is -2.24. The monoisotopic (exact) mass is 279 g/mol. The van der Waals surface area contributed by atoms with Gasteiger partial charge in [-0.25, -0.2) is 4.98 Å². The number of aromatic nitrogens is 1. The molecule has 0 fully saturated rings. The average Bonchev–Trinajstić information content (AvgIpc) is 2.82. The Labute approximate surface area is 115 Å². The summed E-state index contributed by atoms with van der Waals surface area (Å²) in [5, 5.41) is 6.88. The molecule has 2 N–H and O–H groups in total. The highest BCUT2D eigenvalue weighted by atomic mass is 35.5. The van der Waals surface area contributed by atoms with E-state index in [-0.39, 0.29) is 0 Å². The molecule has 94 valence electrons. The van der Waals surface area contributed by atoms with Gasteiger partial charge in [0.05, 0.1) is 6.54 Å². The summed E-state index contributed by atoms with van der Waals surface area (Å²) < 4.78 is 0.603. The van der Waals surface area contributed by atoms with Crippen LogP contribution in [0.5, 0.6) is 0 Å². The molecular weight excluding hydrogens is 266 g/mol. The minimum atomic E-state index is 0.603. The van der Waals surface area contributed by atoms with Gasteiger partial charge in [0.1, 0.15) is 0 Å². The van der Waals surface area contributed by atoms with Gasteiger partial charge in [-0.2, -0.15) is 0 Å². The topological polar surface area (TPSA) is 37.0 Å². The minimum absolute atomic E-state index is 0.603. The Morgan fingerprint density at radius 1 is 1.44 bits per heavy atom. The third-order valence-corrected chi connectivity index (χ3v) is 4.23. The van der Waals surface area contributed by atoms with E-state index in [1.165, 1.54) is 28.2 Å². The van der Waals surface area contributed by atoms with E-state index in [1.54, 1.807) is 0 Å². The summed E-state index contributed by atoms with van der Waals surface area (Å²) in [6.45, 7) is 2.81. The van der Waals surface area contributed by atoms with E-state index in [4.69, 9.17) is 11.6 Å². The van der Waals surface area contributed by atoms with Gasteiger partial charge in [0, 0.05) is 23.3 Å². The smallest absolute Gasteiger partial charge is 0.183 e. The molecule has 1 aliphatic rings. The van der Waals surface area contributed by atoms with Crippen LogP contribution in [0.4, 0.5) is 5.69 Å². The van der Waals surface area contributed by atoms with Gasteiger partial charge in [0.25, 0.3) is 0 Å². The molecule has 3 nitrogen and oxygen atoms in total.